The summed E-state index contributed by atoms with van der Waals surface area (Å²) < 4.78 is 50.7. The quantitative estimate of drug-likeness (QED) is 0.796. The van der Waals surface area contributed by atoms with Gasteiger partial charge in [0.1, 0.15) is 5.82 Å². The molecule has 0 radical (unpaired) electrons. The fourth-order valence-corrected chi connectivity index (χ4v) is 2.49. The molecule has 0 heterocycles. The number of halogens is 4. The Kier molecular flexibility index (Phi) is 3.61. The molecule has 1 nitrogen and oxygen atoms in total. The zero-order valence-electron chi connectivity index (χ0n) is 9.67. The van der Waals surface area contributed by atoms with Crippen molar-refractivity contribution >= 4 is 0 Å². The van der Waals surface area contributed by atoms with Gasteiger partial charge in [0.15, 0.2) is 0 Å². The molecule has 1 aromatic rings. The first kappa shape index (κ1) is 13.3. The number of benzene rings is 1. The van der Waals surface area contributed by atoms with E-state index in [4.69, 9.17) is 0 Å². The molecule has 0 aliphatic heterocycles. The van der Waals surface area contributed by atoms with Gasteiger partial charge < -0.3 is 5.11 Å². The predicted octanol–water partition coefficient (Wildman–Crippen LogP) is 4.07. The van der Waals surface area contributed by atoms with E-state index in [1.165, 1.54) is 6.07 Å². The number of hydrogen-bond acceptors (Lipinski definition) is 1. The third-order valence-corrected chi connectivity index (χ3v) is 3.48. The Hall–Kier alpha value is -1.10. The lowest BCUT2D eigenvalue weighted by Crippen LogP contribution is -2.13. The molecular formula is C13H14F4O. The van der Waals surface area contributed by atoms with Gasteiger partial charge in [0.25, 0.3) is 0 Å². The summed E-state index contributed by atoms with van der Waals surface area (Å²) in [7, 11) is 0. The van der Waals surface area contributed by atoms with Gasteiger partial charge in [0.05, 0.1) is 11.7 Å². The molecule has 100 valence electrons. The highest BCUT2D eigenvalue weighted by atomic mass is 19.4. The van der Waals surface area contributed by atoms with Crippen molar-refractivity contribution in [3.8, 4) is 0 Å². The molecule has 5 heteroatoms. The molecule has 1 N–H and O–H groups in total. The Balaban J connectivity index is 2.28. The second-order valence-corrected chi connectivity index (χ2v) is 4.73. The molecule has 0 spiro atoms. The number of aliphatic hydroxyl groups is 1. The summed E-state index contributed by atoms with van der Waals surface area (Å²) in [4.78, 5) is 0. The fraction of sp³-hybridized carbons (Fsp3) is 0.538. The van der Waals surface area contributed by atoms with Crippen LogP contribution in [-0.2, 0) is 6.18 Å². The second-order valence-electron chi connectivity index (χ2n) is 4.73. The molecule has 0 bridgehead atoms. The number of alkyl halides is 3. The van der Waals surface area contributed by atoms with Gasteiger partial charge in [-0.05, 0) is 36.5 Å². The number of rotatable bonds is 2. The molecule has 0 aromatic heterocycles. The summed E-state index contributed by atoms with van der Waals surface area (Å²) in [6.07, 6.45) is -2.09. The first-order chi connectivity index (χ1) is 8.39. The van der Waals surface area contributed by atoms with Crippen molar-refractivity contribution in [3.05, 3.63) is 35.1 Å². The molecule has 1 saturated carbocycles. The summed E-state index contributed by atoms with van der Waals surface area (Å²) in [6.45, 7) is 0. The predicted molar refractivity (Wildman–Crippen MR) is 58.3 cm³/mol. The van der Waals surface area contributed by atoms with Crippen LogP contribution in [0.1, 0.15) is 42.9 Å². The summed E-state index contributed by atoms with van der Waals surface area (Å²) in [5.41, 5.74) is -1.16. The lowest BCUT2D eigenvalue weighted by atomic mass is 9.93. The van der Waals surface area contributed by atoms with E-state index in [9.17, 15) is 22.7 Å². The van der Waals surface area contributed by atoms with Crippen molar-refractivity contribution in [3.63, 3.8) is 0 Å². The monoisotopic (exact) mass is 262 g/mol. The number of aliphatic hydroxyl groups excluding tert-OH is 1. The SMILES string of the molecule is OC(c1ccc(F)c(C(F)(F)F)c1)C1CCCC1. The molecule has 1 atom stereocenters. The zero-order chi connectivity index (χ0) is 13.3. The molecule has 18 heavy (non-hydrogen) atoms. The topological polar surface area (TPSA) is 20.2 Å². The summed E-state index contributed by atoms with van der Waals surface area (Å²) in [5.74, 6) is -1.32. The maximum absolute atomic E-state index is 13.1. The molecule has 1 aliphatic carbocycles. The van der Waals surface area contributed by atoms with E-state index in [0.717, 1.165) is 37.8 Å². The van der Waals surface area contributed by atoms with Crippen LogP contribution in [0, 0.1) is 11.7 Å². The van der Waals surface area contributed by atoms with Crippen LogP contribution in [0.15, 0.2) is 18.2 Å². The zero-order valence-corrected chi connectivity index (χ0v) is 9.67. The first-order valence-electron chi connectivity index (χ1n) is 5.94. The van der Waals surface area contributed by atoms with Crippen LogP contribution >= 0.6 is 0 Å². The minimum atomic E-state index is -4.73. The van der Waals surface area contributed by atoms with E-state index in [1.807, 2.05) is 0 Å². The van der Waals surface area contributed by atoms with Gasteiger partial charge in [-0.1, -0.05) is 18.9 Å². The first-order valence-corrected chi connectivity index (χ1v) is 5.94. The van der Waals surface area contributed by atoms with Crippen LogP contribution in [0.3, 0.4) is 0 Å². The lowest BCUT2D eigenvalue weighted by Gasteiger charge is -2.19. The maximum Gasteiger partial charge on any atom is 0.419 e. The van der Waals surface area contributed by atoms with Gasteiger partial charge in [-0.3, -0.25) is 0 Å². The maximum atomic E-state index is 13.1. The van der Waals surface area contributed by atoms with E-state index in [1.54, 1.807) is 0 Å². The minimum absolute atomic E-state index is 0.0171. The highest BCUT2D eigenvalue weighted by molar-refractivity contribution is 5.29. The minimum Gasteiger partial charge on any atom is -0.388 e. The van der Waals surface area contributed by atoms with Gasteiger partial charge in [0, 0.05) is 0 Å². The lowest BCUT2D eigenvalue weighted by molar-refractivity contribution is -0.140. The normalized spacial score (nSPS) is 19.2. The van der Waals surface area contributed by atoms with Gasteiger partial charge in [-0.2, -0.15) is 13.2 Å². The Morgan fingerprint density at radius 2 is 1.78 bits per heavy atom. The van der Waals surface area contributed by atoms with Crippen LogP contribution in [0.4, 0.5) is 17.6 Å². The van der Waals surface area contributed by atoms with Crippen molar-refractivity contribution in [2.45, 2.75) is 38.0 Å². The molecule has 0 amide bonds. The van der Waals surface area contributed by atoms with Crippen molar-refractivity contribution in [1.82, 2.24) is 0 Å². The summed E-state index contributed by atoms with van der Waals surface area (Å²) in [6, 6.07) is 2.72. The molecule has 1 unspecified atom stereocenters. The smallest absolute Gasteiger partial charge is 0.388 e. The molecule has 1 aliphatic rings. The average molecular weight is 262 g/mol. The van der Waals surface area contributed by atoms with Crippen molar-refractivity contribution in [2.24, 2.45) is 5.92 Å². The molecular weight excluding hydrogens is 248 g/mol. The molecule has 1 fully saturated rings. The van der Waals surface area contributed by atoms with E-state index in [0.29, 0.717) is 0 Å². The molecule has 1 aromatic carbocycles. The van der Waals surface area contributed by atoms with Gasteiger partial charge in [-0.15, -0.1) is 0 Å². The summed E-state index contributed by atoms with van der Waals surface area (Å²) >= 11 is 0. The van der Waals surface area contributed by atoms with Gasteiger partial charge in [-0.25, -0.2) is 4.39 Å². The van der Waals surface area contributed by atoms with Crippen LogP contribution in [0.2, 0.25) is 0 Å². The van der Waals surface area contributed by atoms with Crippen molar-refractivity contribution in [2.75, 3.05) is 0 Å². The van der Waals surface area contributed by atoms with E-state index in [2.05, 4.69) is 0 Å². The van der Waals surface area contributed by atoms with Crippen molar-refractivity contribution < 1.29 is 22.7 Å². The third-order valence-electron chi connectivity index (χ3n) is 3.48. The summed E-state index contributed by atoms with van der Waals surface area (Å²) in [5, 5.41) is 10.0. The van der Waals surface area contributed by atoms with Crippen LogP contribution in [0.25, 0.3) is 0 Å². The second kappa shape index (κ2) is 4.88. The van der Waals surface area contributed by atoms with Crippen LogP contribution in [0.5, 0.6) is 0 Å². The molecule has 2 rings (SSSR count). The van der Waals surface area contributed by atoms with Crippen LogP contribution in [-0.4, -0.2) is 5.11 Å². The van der Waals surface area contributed by atoms with E-state index >= 15 is 0 Å². The third kappa shape index (κ3) is 2.66. The Labute approximate surface area is 102 Å². The van der Waals surface area contributed by atoms with E-state index in [-0.39, 0.29) is 11.5 Å². The van der Waals surface area contributed by atoms with Gasteiger partial charge in [0.2, 0.25) is 0 Å². The van der Waals surface area contributed by atoms with Crippen LogP contribution < -0.4 is 0 Å². The Bertz CT molecular complexity index is 421. The van der Waals surface area contributed by atoms with Gasteiger partial charge >= 0.3 is 6.18 Å². The largest absolute Gasteiger partial charge is 0.419 e. The van der Waals surface area contributed by atoms with Crippen molar-refractivity contribution in [1.29, 1.82) is 0 Å². The Morgan fingerprint density at radius 1 is 1.17 bits per heavy atom. The standard InChI is InChI=1S/C13H14F4O/c14-11-6-5-9(7-10(11)13(15,16)17)12(18)8-3-1-2-4-8/h5-8,12,18H,1-4H2. The fourth-order valence-electron chi connectivity index (χ4n) is 2.49. The highest BCUT2D eigenvalue weighted by Crippen LogP contribution is 2.38. The van der Waals surface area contributed by atoms with E-state index < -0.39 is 23.7 Å². The number of hydrogen-bond donors (Lipinski definition) is 1. The molecule has 0 saturated heterocycles. The Morgan fingerprint density at radius 3 is 2.33 bits per heavy atom. The highest BCUT2D eigenvalue weighted by Gasteiger charge is 2.35. The average Bonchev–Trinajstić information content (AvgIpc) is 2.80.